The Bertz CT molecular complexity index is 433. The average Bonchev–Trinajstić information content (AvgIpc) is 2.36. The molecular formula is C14H23N3O2. The molecule has 106 valence electrons. The number of methoxy groups -OCH3 is 1. The smallest absolute Gasteiger partial charge is 0.239 e. The van der Waals surface area contributed by atoms with Gasteiger partial charge in [0.25, 0.3) is 0 Å². The molecular weight excluding hydrogens is 242 g/mol. The van der Waals surface area contributed by atoms with E-state index in [0.29, 0.717) is 23.9 Å². The third-order valence-electron chi connectivity index (χ3n) is 2.76. The number of benzene rings is 1. The minimum Gasteiger partial charge on any atom is -0.495 e. The second-order valence-electron chi connectivity index (χ2n) is 4.95. The zero-order chi connectivity index (χ0) is 14.4. The standard InChI is InChI=1S/C14H23N3O2/c1-10(2)8-16-13(18)9-17(3)11-6-5-7-12(19-4)14(11)15/h5-7,10H,8-9,15H2,1-4H3,(H,16,18). The summed E-state index contributed by atoms with van der Waals surface area (Å²) < 4.78 is 5.17. The van der Waals surface area contributed by atoms with Gasteiger partial charge in [0.05, 0.1) is 25.0 Å². The fraction of sp³-hybridized carbons (Fsp3) is 0.500. The number of hydrogen-bond acceptors (Lipinski definition) is 4. The number of nitrogens with one attached hydrogen (secondary N) is 1. The van der Waals surface area contributed by atoms with Crippen LogP contribution in [0.2, 0.25) is 0 Å². The summed E-state index contributed by atoms with van der Waals surface area (Å²) in [6.45, 7) is 5.07. The number of amides is 1. The Morgan fingerprint density at radius 3 is 2.74 bits per heavy atom. The van der Waals surface area contributed by atoms with E-state index < -0.39 is 0 Å². The van der Waals surface area contributed by atoms with Crippen LogP contribution in [0.5, 0.6) is 5.75 Å². The van der Waals surface area contributed by atoms with Crippen molar-refractivity contribution in [3.8, 4) is 5.75 Å². The van der Waals surface area contributed by atoms with Crippen LogP contribution in [-0.2, 0) is 4.79 Å². The molecule has 1 aromatic carbocycles. The molecule has 0 heterocycles. The predicted molar refractivity (Wildman–Crippen MR) is 78.5 cm³/mol. The Morgan fingerprint density at radius 2 is 2.16 bits per heavy atom. The summed E-state index contributed by atoms with van der Waals surface area (Å²) in [4.78, 5) is 13.6. The average molecular weight is 265 g/mol. The molecule has 0 saturated heterocycles. The van der Waals surface area contributed by atoms with Crippen LogP contribution in [0.3, 0.4) is 0 Å². The summed E-state index contributed by atoms with van der Waals surface area (Å²) in [5.41, 5.74) is 7.33. The van der Waals surface area contributed by atoms with Crippen molar-refractivity contribution in [2.45, 2.75) is 13.8 Å². The predicted octanol–water partition coefficient (Wildman–Crippen LogP) is 1.49. The van der Waals surface area contributed by atoms with E-state index in [9.17, 15) is 4.79 Å². The van der Waals surface area contributed by atoms with Gasteiger partial charge in [0.1, 0.15) is 5.75 Å². The maximum atomic E-state index is 11.8. The van der Waals surface area contributed by atoms with Gasteiger partial charge in [-0.2, -0.15) is 0 Å². The van der Waals surface area contributed by atoms with E-state index in [1.807, 2.05) is 24.1 Å². The molecule has 3 N–H and O–H groups in total. The number of carbonyl (C=O) groups excluding carboxylic acids is 1. The molecule has 0 bridgehead atoms. The van der Waals surface area contributed by atoms with Gasteiger partial charge in [-0.3, -0.25) is 4.79 Å². The van der Waals surface area contributed by atoms with Crippen molar-refractivity contribution in [1.29, 1.82) is 0 Å². The summed E-state index contributed by atoms with van der Waals surface area (Å²) in [6.07, 6.45) is 0. The summed E-state index contributed by atoms with van der Waals surface area (Å²) in [6, 6.07) is 5.52. The highest BCUT2D eigenvalue weighted by Crippen LogP contribution is 2.30. The highest BCUT2D eigenvalue weighted by atomic mass is 16.5. The van der Waals surface area contributed by atoms with Gasteiger partial charge in [-0.1, -0.05) is 19.9 Å². The summed E-state index contributed by atoms with van der Waals surface area (Å²) in [5, 5.41) is 2.88. The van der Waals surface area contributed by atoms with Crippen molar-refractivity contribution >= 4 is 17.3 Å². The van der Waals surface area contributed by atoms with Crippen LogP contribution in [0.25, 0.3) is 0 Å². The van der Waals surface area contributed by atoms with Gasteiger partial charge in [0.15, 0.2) is 0 Å². The number of ether oxygens (including phenoxy) is 1. The summed E-state index contributed by atoms with van der Waals surface area (Å²) in [7, 11) is 3.41. The van der Waals surface area contributed by atoms with E-state index >= 15 is 0 Å². The van der Waals surface area contributed by atoms with Crippen LogP contribution in [0.1, 0.15) is 13.8 Å². The molecule has 0 aliphatic heterocycles. The highest BCUT2D eigenvalue weighted by Gasteiger charge is 2.12. The third kappa shape index (κ3) is 4.35. The summed E-state index contributed by atoms with van der Waals surface area (Å²) >= 11 is 0. The molecule has 0 spiro atoms. The molecule has 19 heavy (non-hydrogen) atoms. The first-order chi connectivity index (χ1) is 8.95. The summed E-state index contributed by atoms with van der Waals surface area (Å²) in [5.74, 6) is 1.04. The van der Waals surface area contributed by atoms with E-state index in [4.69, 9.17) is 10.5 Å². The number of nitrogen functional groups attached to an aromatic ring is 1. The first-order valence-corrected chi connectivity index (χ1v) is 6.36. The molecule has 1 rings (SSSR count). The lowest BCUT2D eigenvalue weighted by Gasteiger charge is -2.21. The van der Waals surface area contributed by atoms with Crippen molar-refractivity contribution in [2.75, 3.05) is 37.9 Å². The van der Waals surface area contributed by atoms with Crippen LogP contribution < -0.4 is 20.7 Å². The normalized spacial score (nSPS) is 10.4. The van der Waals surface area contributed by atoms with Crippen LogP contribution in [0.4, 0.5) is 11.4 Å². The quantitative estimate of drug-likeness (QED) is 0.765. The number of hydrogen-bond donors (Lipinski definition) is 2. The van der Waals surface area contributed by atoms with Gasteiger partial charge in [0, 0.05) is 13.6 Å². The Morgan fingerprint density at radius 1 is 1.47 bits per heavy atom. The first-order valence-electron chi connectivity index (χ1n) is 6.36. The molecule has 0 unspecified atom stereocenters. The molecule has 0 aliphatic carbocycles. The molecule has 0 aromatic heterocycles. The SMILES string of the molecule is COc1cccc(N(C)CC(=O)NCC(C)C)c1N. The zero-order valence-electron chi connectivity index (χ0n) is 12.1. The Labute approximate surface area is 114 Å². The molecule has 0 saturated carbocycles. The number of anilines is 2. The fourth-order valence-electron chi connectivity index (χ4n) is 1.72. The van der Waals surface area contributed by atoms with Gasteiger partial charge < -0.3 is 20.7 Å². The van der Waals surface area contributed by atoms with E-state index in [1.165, 1.54) is 0 Å². The van der Waals surface area contributed by atoms with Crippen molar-refractivity contribution in [1.82, 2.24) is 5.32 Å². The number of likely N-dealkylation sites (N-methyl/N-ethyl adjacent to an activating group) is 1. The number of para-hydroxylation sites is 1. The topological polar surface area (TPSA) is 67.6 Å². The van der Waals surface area contributed by atoms with E-state index in [-0.39, 0.29) is 12.5 Å². The van der Waals surface area contributed by atoms with Crippen LogP contribution in [0.15, 0.2) is 18.2 Å². The van der Waals surface area contributed by atoms with Gasteiger partial charge in [0.2, 0.25) is 5.91 Å². The lowest BCUT2D eigenvalue weighted by Crippen LogP contribution is -2.37. The van der Waals surface area contributed by atoms with Gasteiger partial charge in [-0.05, 0) is 18.1 Å². The Kier molecular flexibility index (Phi) is 5.48. The maximum absolute atomic E-state index is 11.8. The van der Waals surface area contributed by atoms with Gasteiger partial charge >= 0.3 is 0 Å². The molecule has 5 heteroatoms. The van der Waals surface area contributed by atoms with Crippen molar-refractivity contribution in [3.63, 3.8) is 0 Å². The van der Waals surface area contributed by atoms with Crippen LogP contribution >= 0.6 is 0 Å². The molecule has 0 radical (unpaired) electrons. The number of rotatable bonds is 6. The number of nitrogens with zero attached hydrogens (tertiary/aromatic N) is 1. The van der Waals surface area contributed by atoms with E-state index in [1.54, 1.807) is 13.2 Å². The molecule has 1 aromatic rings. The Hall–Kier alpha value is -1.91. The molecule has 0 aliphatic rings. The molecule has 1 amide bonds. The minimum absolute atomic E-state index is 0.0154. The minimum atomic E-state index is -0.0154. The monoisotopic (exact) mass is 265 g/mol. The van der Waals surface area contributed by atoms with Crippen molar-refractivity contribution in [2.24, 2.45) is 5.92 Å². The van der Waals surface area contributed by atoms with E-state index in [0.717, 1.165) is 5.69 Å². The third-order valence-corrected chi connectivity index (χ3v) is 2.76. The molecule has 5 nitrogen and oxygen atoms in total. The second kappa shape index (κ2) is 6.87. The lowest BCUT2D eigenvalue weighted by atomic mass is 10.2. The van der Waals surface area contributed by atoms with Gasteiger partial charge in [-0.25, -0.2) is 0 Å². The lowest BCUT2D eigenvalue weighted by molar-refractivity contribution is -0.119. The number of carbonyl (C=O) groups is 1. The fourth-order valence-corrected chi connectivity index (χ4v) is 1.72. The molecule has 0 atom stereocenters. The maximum Gasteiger partial charge on any atom is 0.239 e. The van der Waals surface area contributed by atoms with Gasteiger partial charge in [-0.15, -0.1) is 0 Å². The van der Waals surface area contributed by atoms with Crippen molar-refractivity contribution in [3.05, 3.63) is 18.2 Å². The van der Waals surface area contributed by atoms with Crippen LogP contribution in [0, 0.1) is 5.92 Å². The van der Waals surface area contributed by atoms with Crippen molar-refractivity contribution < 1.29 is 9.53 Å². The van der Waals surface area contributed by atoms with Crippen LogP contribution in [-0.4, -0.2) is 33.2 Å². The largest absolute Gasteiger partial charge is 0.495 e. The first kappa shape index (κ1) is 15.1. The van der Waals surface area contributed by atoms with E-state index in [2.05, 4.69) is 19.2 Å². The zero-order valence-corrected chi connectivity index (χ0v) is 12.1. The highest BCUT2D eigenvalue weighted by molar-refractivity contribution is 5.84. The number of nitrogens with two attached hydrogens (primary N) is 1. The second-order valence-corrected chi connectivity index (χ2v) is 4.95. The molecule has 0 fully saturated rings. The Balaban J connectivity index is 2.68.